The maximum atomic E-state index is 12.8. The van der Waals surface area contributed by atoms with E-state index >= 15 is 0 Å². The molecule has 1 aliphatic carbocycles. The number of aryl methyl sites for hydroxylation is 1. The summed E-state index contributed by atoms with van der Waals surface area (Å²) in [6.45, 7) is 1.73. The topological polar surface area (TPSA) is 102 Å². The summed E-state index contributed by atoms with van der Waals surface area (Å²) < 4.78 is 28.3. The molecule has 7 nitrogen and oxygen atoms in total. The molecule has 1 aliphatic rings. The van der Waals surface area contributed by atoms with Crippen LogP contribution in [0.3, 0.4) is 0 Å². The maximum absolute atomic E-state index is 12.8. The van der Waals surface area contributed by atoms with Gasteiger partial charge in [0.15, 0.2) is 15.7 Å². The minimum atomic E-state index is -3.29. The van der Waals surface area contributed by atoms with Gasteiger partial charge in [0.25, 0.3) is 5.91 Å². The molecule has 1 amide bonds. The van der Waals surface area contributed by atoms with Gasteiger partial charge in [-0.05, 0) is 37.1 Å². The summed E-state index contributed by atoms with van der Waals surface area (Å²) in [7, 11) is -3.29. The van der Waals surface area contributed by atoms with Gasteiger partial charge in [0, 0.05) is 18.7 Å². The Kier molecular flexibility index (Phi) is 5.13. The number of hydrogen-bond acceptors (Lipinski definition) is 6. The Morgan fingerprint density at radius 3 is 2.23 bits per heavy atom. The van der Waals surface area contributed by atoms with Gasteiger partial charge in [-0.3, -0.25) is 4.79 Å². The van der Waals surface area contributed by atoms with Crippen LogP contribution in [0.2, 0.25) is 0 Å². The smallest absolute Gasteiger partial charge is 0.252 e. The lowest BCUT2D eigenvalue weighted by Gasteiger charge is -2.30. The molecule has 0 atom stereocenters. The number of aromatic nitrogens is 2. The van der Waals surface area contributed by atoms with Crippen molar-refractivity contribution in [2.75, 3.05) is 6.26 Å². The van der Waals surface area contributed by atoms with Crippen molar-refractivity contribution in [3.8, 4) is 0 Å². The van der Waals surface area contributed by atoms with Gasteiger partial charge in [0.05, 0.1) is 4.90 Å². The molecule has 3 rings (SSSR count). The van der Waals surface area contributed by atoms with Crippen molar-refractivity contribution in [1.82, 2.24) is 15.5 Å². The number of carbonyl (C=O) groups is 1. The van der Waals surface area contributed by atoms with E-state index in [-0.39, 0.29) is 10.8 Å². The molecular weight excluding hydrogens is 354 g/mol. The van der Waals surface area contributed by atoms with Crippen LogP contribution in [0.4, 0.5) is 0 Å². The van der Waals surface area contributed by atoms with Crippen LogP contribution in [0.25, 0.3) is 0 Å². The first-order valence-electron chi connectivity index (χ1n) is 8.74. The van der Waals surface area contributed by atoms with E-state index < -0.39 is 15.4 Å². The molecule has 1 fully saturated rings. The lowest BCUT2D eigenvalue weighted by Crippen LogP contribution is -2.46. The van der Waals surface area contributed by atoms with Gasteiger partial charge in [-0.15, -0.1) is 0 Å². The predicted molar refractivity (Wildman–Crippen MR) is 95.4 cm³/mol. The van der Waals surface area contributed by atoms with Gasteiger partial charge in [0.2, 0.25) is 5.89 Å². The highest BCUT2D eigenvalue weighted by atomic mass is 32.2. The van der Waals surface area contributed by atoms with Gasteiger partial charge in [-0.2, -0.15) is 4.98 Å². The Balaban J connectivity index is 1.88. The second kappa shape index (κ2) is 7.19. The molecule has 0 bridgehead atoms. The maximum Gasteiger partial charge on any atom is 0.252 e. The van der Waals surface area contributed by atoms with Crippen molar-refractivity contribution in [2.45, 2.75) is 55.9 Å². The van der Waals surface area contributed by atoms with Crippen LogP contribution in [0.1, 0.15) is 60.6 Å². The van der Waals surface area contributed by atoms with E-state index in [0.29, 0.717) is 17.3 Å². The summed E-state index contributed by atoms with van der Waals surface area (Å²) in [6.07, 6.45) is 6.80. The second-order valence-corrected chi connectivity index (χ2v) is 8.90. The number of rotatable bonds is 4. The van der Waals surface area contributed by atoms with E-state index in [1.165, 1.54) is 24.3 Å². The molecule has 1 saturated carbocycles. The molecule has 0 aliphatic heterocycles. The Labute approximate surface area is 153 Å². The third kappa shape index (κ3) is 3.95. The van der Waals surface area contributed by atoms with E-state index in [1.807, 2.05) is 0 Å². The molecule has 140 valence electrons. The minimum Gasteiger partial charge on any atom is -0.340 e. The highest BCUT2D eigenvalue weighted by molar-refractivity contribution is 7.90. The first-order chi connectivity index (χ1) is 12.3. The number of amides is 1. The fraction of sp³-hybridized carbons (Fsp3) is 0.500. The SMILES string of the molecule is Cc1nc(C2(NC(=O)c3ccc(S(C)(=O)=O)cc3)CCCCCC2)no1. The average molecular weight is 377 g/mol. The van der Waals surface area contributed by atoms with Crippen molar-refractivity contribution >= 4 is 15.7 Å². The number of sulfone groups is 1. The molecular formula is C18H23N3O4S. The van der Waals surface area contributed by atoms with E-state index in [4.69, 9.17) is 4.52 Å². The summed E-state index contributed by atoms with van der Waals surface area (Å²) in [6, 6.07) is 5.94. The van der Waals surface area contributed by atoms with E-state index in [0.717, 1.165) is 44.8 Å². The molecule has 0 radical (unpaired) electrons. The van der Waals surface area contributed by atoms with E-state index in [1.54, 1.807) is 6.92 Å². The molecule has 2 aromatic rings. The van der Waals surface area contributed by atoms with Crippen LogP contribution in [0.5, 0.6) is 0 Å². The molecule has 0 saturated heterocycles. The van der Waals surface area contributed by atoms with Crippen LogP contribution in [0, 0.1) is 6.92 Å². The predicted octanol–water partition coefficient (Wildman–Crippen LogP) is 2.76. The van der Waals surface area contributed by atoms with Crippen molar-refractivity contribution in [3.63, 3.8) is 0 Å². The van der Waals surface area contributed by atoms with Crippen molar-refractivity contribution in [1.29, 1.82) is 0 Å². The molecule has 0 spiro atoms. The van der Waals surface area contributed by atoms with Crippen molar-refractivity contribution in [3.05, 3.63) is 41.5 Å². The highest BCUT2D eigenvalue weighted by Crippen LogP contribution is 2.35. The van der Waals surface area contributed by atoms with Crippen LogP contribution in [-0.4, -0.2) is 30.7 Å². The van der Waals surface area contributed by atoms with Crippen molar-refractivity contribution in [2.24, 2.45) is 0 Å². The molecule has 1 heterocycles. The van der Waals surface area contributed by atoms with Gasteiger partial charge in [-0.1, -0.05) is 30.8 Å². The molecule has 8 heteroatoms. The van der Waals surface area contributed by atoms with Gasteiger partial charge in [0.1, 0.15) is 5.54 Å². The fourth-order valence-electron chi connectivity index (χ4n) is 3.37. The second-order valence-electron chi connectivity index (χ2n) is 6.88. The monoisotopic (exact) mass is 377 g/mol. The van der Waals surface area contributed by atoms with Gasteiger partial charge >= 0.3 is 0 Å². The van der Waals surface area contributed by atoms with Crippen molar-refractivity contribution < 1.29 is 17.7 Å². The van der Waals surface area contributed by atoms with E-state index in [2.05, 4.69) is 15.5 Å². The highest BCUT2D eigenvalue weighted by Gasteiger charge is 2.39. The minimum absolute atomic E-state index is 0.187. The zero-order chi connectivity index (χ0) is 18.8. The molecule has 1 N–H and O–H groups in total. The number of benzene rings is 1. The lowest BCUT2D eigenvalue weighted by molar-refractivity contribution is 0.0876. The summed E-state index contributed by atoms with van der Waals surface area (Å²) in [5, 5.41) is 7.17. The molecule has 26 heavy (non-hydrogen) atoms. The number of nitrogens with one attached hydrogen (secondary N) is 1. The van der Waals surface area contributed by atoms with Gasteiger partial charge < -0.3 is 9.84 Å². The molecule has 1 aromatic carbocycles. The summed E-state index contributed by atoms with van der Waals surface area (Å²) >= 11 is 0. The van der Waals surface area contributed by atoms with E-state index in [9.17, 15) is 13.2 Å². The zero-order valence-corrected chi connectivity index (χ0v) is 15.8. The fourth-order valence-corrected chi connectivity index (χ4v) is 4.00. The first kappa shape index (κ1) is 18.6. The number of nitrogens with zero attached hydrogens (tertiary/aromatic N) is 2. The van der Waals surface area contributed by atoms with Gasteiger partial charge in [-0.25, -0.2) is 8.42 Å². The average Bonchev–Trinajstić information content (AvgIpc) is 2.90. The van der Waals surface area contributed by atoms with Crippen LogP contribution >= 0.6 is 0 Å². The molecule has 0 unspecified atom stereocenters. The Hall–Kier alpha value is -2.22. The molecule has 1 aromatic heterocycles. The zero-order valence-electron chi connectivity index (χ0n) is 15.0. The quantitative estimate of drug-likeness (QED) is 0.822. The number of carbonyl (C=O) groups excluding carboxylic acids is 1. The third-order valence-corrected chi connectivity index (χ3v) is 5.94. The summed E-state index contributed by atoms with van der Waals surface area (Å²) in [5.74, 6) is 0.711. The first-order valence-corrected chi connectivity index (χ1v) is 10.6. The normalized spacial score (nSPS) is 17.5. The van der Waals surface area contributed by atoms with Crippen LogP contribution < -0.4 is 5.32 Å². The summed E-state index contributed by atoms with van der Waals surface area (Å²) in [4.78, 5) is 17.4. The summed E-state index contributed by atoms with van der Waals surface area (Å²) in [5.41, 5.74) is -0.248. The lowest BCUT2D eigenvalue weighted by atomic mass is 9.88. The Morgan fingerprint density at radius 1 is 1.12 bits per heavy atom. The third-order valence-electron chi connectivity index (χ3n) is 4.81. The Morgan fingerprint density at radius 2 is 1.73 bits per heavy atom. The van der Waals surface area contributed by atoms with Crippen LogP contribution in [-0.2, 0) is 15.4 Å². The Bertz CT molecular complexity index is 879. The largest absolute Gasteiger partial charge is 0.340 e. The standard InChI is InChI=1S/C18H23N3O4S/c1-13-19-17(21-25-13)18(11-5-3-4-6-12-18)20-16(22)14-7-9-15(10-8-14)26(2,23)24/h7-10H,3-6,11-12H2,1-2H3,(H,20,22). The van der Waals surface area contributed by atoms with Crippen LogP contribution in [0.15, 0.2) is 33.7 Å². The number of hydrogen-bond donors (Lipinski definition) is 1.